The fraction of sp³-hybridized carbons (Fsp3) is 0. The molecule has 1 radical (unpaired) electrons. The van der Waals surface area contributed by atoms with Crippen molar-refractivity contribution < 1.29 is 39.2 Å². The number of rotatable bonds is 0. The van der Waals surface area contributed by atoms with Crippen LogP contribution < -0.4 is 0 Å². The van der Waals surface area contributed by atoms with E-state index in [0.717, 1.165) is 0 Å². The molecule has 0 atom stereocenters. The summed E-state index contributed by atoms with van der Waals surface area (Å²) in [4.78, 5) is 0. The van der Waals surface area contributed by atoms with Crippen molar-refractivity contribution in [1.29, 1.82) is 0 Å². The van der Waals surface area contributed by atoms with Gasteiger partial charge in [-0.3, -0.25) is 4.55 Å². The van der Waals surface area contributed by atoms with Crippen molar-refractivity contribution in [1.82, 2.24) is 0 Å². The molecule has 1 N–H and O–H groups in total. The molecule has 7 heteroatoms. The van der Waals surface area contributed by atoms with Crippen LogP contribution in [0.15, 0.2) is 0 Å². The van der Waals surface area contributed by atoms with Crippen LogP contribution in [-0.2, 0) is 32.9 Å². The van der Waals surface area contributed by atoms with Crippen LogP contribution in [0.4, 0.5) is 3.89 Å². The molecule has 7 heavy (non-hydrogen) atoms. The zero-order valence-electron chi connectivity index (χ0n) is 2.91. The van der Waals surface area contributed by atoms with E-state index in [1.165, 1.54) is 0 Å². The van der Waals surface area contributed by atoms with Crippen molar-refractivity contribution in [2.45, 2.75) is 0 Å². The van der Waals surface area contributed by atoms with Crippen molar-refractivity contribution in [3.8, 4) is 0 Å². The summed E-state index contributed by atoms with van der Waals surface area (Å²) in [5, 5.41) is 0. The molecule has 0 aliphatic rings. The van der Waals surface area contributed by atoms with Crippen molar-refractivity contribution in [2.24, 2.45) is 0 Å². The summed E-state index contributed by atoms with van der Waals surface area (Å²) in [6, 6.07) is 0. The smallest absolute Gasteiger partial charge is 0.260 e. The molecule has 0 aromatic carbocycles. The molecule has 0 rings (SSSR count). The second kappa shape index (κ2) is 5.02. The quantitative estimate of drug-likeness (QED) is 0.366. The summed E-state index contributed by atoms with van der Waals surface area (Å²) >= 11 is 0. The predicted octanol–water partition coefficient (Wildman–Crippen LogP) is 0.178. The van der Waals surface area contributed by atoms with Gasteiger partial charge in [0.15, 0.2) is 0 Å². The maximum Gasteiger partial charge on any atom is 0.435 e. The zero-order valence-corrected chi connectivity index (χ0v) is 6.74. The Hall–Kier alpha value is 0.870. The molecule has 0 aromatic heterocycles. The van der Waals surface area contributed by atoms with E-state index >= 15 is 0 Å². The third-order valence-corrected chi connectivity index (χ3v) is 0. The second-order valence-electron chi connectivity index (χ2n) is 0.412. The summed E-state index contributed by atoms with van der Waals surface area (Å²) in [5.74, 6) is 0. The molecule has 0 bridgehead atoms. The van der Waals surface area contributed by atoms with Crippen LogP contribution in [-0.4, -0.2) is 13.0 Å². The first kappa shape index (κ1) is 15.7. The molecular formula is H2ClFNbO3S. The van der Waals surface area contributed by atoms with Gasteiger partial charge in [0.05, 0.1) is 0 Å². The maximum atomic E-state index is 10.2. The Morgan fingerprint density at radius 3 is 1.43 bits per heavy atom. The topological polar surface area (TPSA) is 54.4 Å². The number of hydrogen-bond donors (Lipinski definition) is 1. The first-order valence-electron chi connectivity index (χ1n) is 0.670. The van der Waals surface area contributed by atoms with E-state index in [9.17, 15) is 3.89 Å². The minimum absolute atomic E-state index is 0. The van der Waals surface area contributed by atoms with Gasteiger partial charge < -0.3 is 0 Å². The predicted molar refractivity (Wildman–Crippen MR) is 19.9 cm³/mol. The summed E-state index contributed by atoms with van der Waals surface area (Å²) in [5.41, 5.74) is 0. The molecular weight excluding hydrogens is 227 g/mol. The molecule has 0 fully saturated rings. The maximum absolute atomic E-state index is 10.2. The normalized spacial score (nSPS) is 8.29. The Kier molecular flexibility index (Phi) is 11.2. The van der Waals surface area contributed by atoms with E-state index in [1.807, 2.05) is 0 Å². The van der Waals surface area contributed by atoms with E-state index in [2.05, 4.69) is 0 Å². The Bertz CT molecular complexity index is 98.1. The molecule has 0 amide bonds. The third kappa shape index (κ3) is 215. The molecule has 0 aliphatic heterocycles. The first-order valence-corrected chi connectivity index (χ1v) is 2.01. The van der Waals surface area contributed by atoms with E-state index < -0.39 is 10.5 Å². The van der Waals surface area contributed by atoms with E-state index in [-0.39, 0.29) is 34.8 Å². The van der Waals surface area contributed by atoms with E-state index in [4.69, 9.17) is 13.0 Å². The van der Waals surface area contributed by atoms with Crippen molar-refractivity contribution in [2.75, 3.05) is 0 Å². The van der Waals surface area contributed by atoms with Crippen LogP contribution in [0.3, 0.4) is 0 Å². The largest absolute Gasteiger partial charge is 0.435 e. The van der Waals surface area contributed by atoms with Gasteiger partial charge in [0, 0.05) is 22.4 Å². The van der Waals surface area contributed by atoms with Crippen molar-refractivity contribution in [3.63, 3.8) is 0 Å². The first-order chi connectivity index (χ1) is 2.00. The number of halogens is 2. The molecule has 45 valence electrons. The summed E-state index contributed by atoms with van der Waals surface area (Å²) in [6.45, 7) is 0. The van der Waals surface area contributed by atoms with Crippen LogP contribution in [0.2, 0.25) is 0 Å². The minimum Gasteiger partial charge on any atom is -0.260 e. The molecule has 0 spiro atoms. The molecule has 0 saturated carbocycles. The molecule has 0 aliphatic carbocycles. The standard InChI is InChI=1S/ClH.FHO3S.Nb/c;1-5(2,3)4;/h1H;(H,2,3,4);. The monoisotopic (exact) mass is 229 g/mol. The fourth-order valence-corrected chi connectivity index (χ4v) is 0. The van der Waals surface area contributed by atoms with Gasteiger partial charge >= 0.3 is 10.5 Å². The van der Waals surface area contributed by atoms with Gasteiger partial charge in [-0.05, 0) is 0 Å². The third-order valence-electron chi connectivity index (χ3n) is 0. The van der Waals surface area contributed by atoms with Gasteiger partial charge in [0.25, 0.3) is 0 Å². The number of hydrogen-bond acceptors (Lipinski definition) is 2. The van der Waals surface area contributed by atoms with Gasteiger partial charge in [0.2, 0.25) is 0 Å². The molecule has 0 saturated heterocycles. The average Bonchev–Trinajstić information content (AvgIpc) is 0.722. The van der Waals surface area contributed by atoms with Gasteiger partial charge in [-0.15, -0.1) is 12.4 Å². The van der Waals surface area contributed by atoms with Crippen LogP contribution in [0.1, 0.15) is 0 Å². The van der Waals surface area contributed by atoms with Gasteiger partial charge in [-0.25, -0.2) is 0 Å². The van der Waals surface area contributed by atoms with Gasteiger partial charge in [-0.1, -0.05) is 3.89 Å². The van der Waals surface area contributed by atoms with Crippen LogP contribution in [0.25, 0.3) is 0 Å². The second-order valence-corrected chi connectivity index (χ2v) is 1.24. The molecule has 0 aromatic rings. The van der Waals surface area contributed by atoms with Crippen molar-refractivity contribution in [3.05, 3.63) is 0 Å². The van der Waals surface area contributed by atoms with Crippen LogP contribution in [0.5, 0.6) is 0 Å². The van der Waals surface area contributed by atoms with Gasteiger partial charge in [0.1, 0.15) is 0 Å². The van der Waals surface area contributed by atoms with E-state index in [1.54, 1.807) is 0 Å². The van der Waals surface area contributed by atoms with Gasteiger partial charge in [-0.2, -0.15) is 8.42 Å². The summed E-state index contributed by atoms with van der Waals surface area (Å²) in [6.07, 6.45) is 0. The SMILES string of the molecule is Cl.O=S(=O)(O)F.[Nb]. The summed E-state index contributed by atoms with van der Waals surface area (Å²) in [7, 11) is -5.17. The van der Waals surface area contributed by atoms with Crippen LogP contribution >= 0.6 is 12.4 Å². The Morgan fingerprint density at radius 1 is 1.43 bits per heavy atom. The Labute approximate surface area is 62.3 Å². The zero-order chi connectivity index (χ0) is 4.50. The average molecular weight is 229 g/mol. The van der Waals surface area contributed by atoms with E-state index in [0.29, 0.717) is 0 Å². The van der Waals surface area contributed by atoms with Crippen molar-refractivity contribution >= 4 is 22.9 Å². The minimum atomic E-state index is -5.17. The Balaban J connectivity index is -0.0000000800. The fourth-order valence-electron chi connectivity index (χ4n) is 0. The Morgan fingerprint density at radius 2 is 1.43 bits per heavy atom. The molecule has 0 heterocycles. The molecule has 3 nitrogen and oxygen atoms in total. The molecule has 0 unspecified atom stereocenters. The summed E-state index contributed by atoms with van der Waals surface area (Å²) < 4.78 is 34.1. The van der Waals surface area contributed by atoms with Crippen LogP contribution in [0, 0.1) is 0 Å².